The zero-order valence-corrected chi connectivity index (χ0v) is 10.1. The van der Waals surface area contributed by atoms with Crippen LogP contribution >= 0.6 is 0 Å². The highest BCUT2D eigenvalue weighted by Gasteiger charge is 2.14. The van der Waals surface area contributed by atoms with E-state index in [0.29, 0.717) is 11.4 Å². The van der Waals surface area contributed by atoms with Gasteiger partial charge in [-0.1, -0.05) is 0 Å². The van der Waals surface area contributed by atoms with E-state index in [2.05, 4.69) is 15.5 Å². The van der Waals surface area contributed by atoms with E-state index in [9.17, 15) is 4.79 Å². The molecule has 2 rings (SSSR count). The highest BCUT2D eigenvalue weighted by atomic mass is 16.3. The van der Waals surface area contributed by atoms with Crippen molar-refractivity contribution < 1.29 is 9.21 Å². The Morgan fingerprint density at radius 2 is 2.50 bits per heavy atom. The summed E-state index contributed by atoms with van der Waals surface area (Å²) in [5.74, 6) is 0.675. The Hall–Kier alpha value is -2.24. The zero-order valence-electron chi connectivity index (χ0n) is 10.1. The topological polar surface area (TPSA) is 96.9 Å². The van der Waals surface area contributed by atoms with Crippen LogP contribution in [0.15, 0.2) is 29.0 Å². The van der Waals surface area contributed by atoms with Gasteiger partial charge in [0, 0.05) is 12.5 Å². The number of nitrogens with one attached hydrogen (secondary N) is 2. The van der Waals surface area contributed by atoms with E-state index < -0.39 is 0 Å². The van der Waals surface area contributed by atoms with Gasteiger partial charge in [-0.3, -0.25) is 9.89 Å². The minimum absolute atomic E-state index is 0.0327. The van der Waals surface area contributed by atoms with Crippen molar-refractivity contribution in [3.8, 4) is 0 Å². The first-order chi connectivity index (χ1) is 8.66. The lowest BCUT2D eigenvalue weighted by Crippen LogP contribution is -2.33. The second-order valence-corrected chi connectivity index (χ2v) is 4.19. The number of nitrogen functional groups attached to an aromatic ring is 1. The van der Waals surface area contributed by atoms with Gasteiger partial charge < -0.3 is 15.5 Å². The maximum Gasteiger partial charge on any atom is 0.271 e. The molecule has 0 aromatic carbocycles. The van der Waals surface area contributed by atoms with Gasteiger partial charge in [-0.25, -0.2) is 0 Å². The number of carbonyl (C=O) groups is 1. The highest BCUT2D eigenvalue weighted by molar-refractivity contribution is 5.97. The summed E-state index contributed by atoms with van der Waals surface area (Å²) >= 11 is 0. The Balaban J connectivity index is 1.82. The summed E-state index contributed by atoms with van der Waals surface area (Å²) in [6.07, 6.45) is 4.65. The van der Waals surface area contributed by atoms with Gasteiger partial charge in [-0.15, -0.1) is 0 Å². The molecule has 1 atom stereocenters. The van der Waals surface area contributed by atoms with E-state index in [1.807, 2.05) is 19.1 Å². The number of aryl methyl sites for hydroxylation is 1. The van der Waals surface area contributed by atoms with Crippen molar-refractivity contribution in [3.05, 3.63) is 36.0 Å². The van der Waals surface area contributed by atoms with Crippen LogP contribution in [0, 0.1) is 0 Å². The van der Waals surface area contributed by atoms with Gasteiger partial charge in [0.25, 0.3) is 5.91 Å². The molecule has 4 N–H and O–H groups in total. The normalized spacial score (nSPS) is 12.3. The second-order valence-electron chi connectivity index (χ2n) is 4.19. The van der Waals surface area contributed by atoms with E-state index in [4.69, 9.17) is 10.2 Å². The van der Waals surface area contributed by atoms with Crippen LogP contribution in [0.5, 0.6) is 0 Å². The standard InChI is InChI=1S/C12H16N4O2/c1-8(4-5-9-3-2-6-18-9)15-12(17)11-10(13)7-14-16-11/h2-3,6-8H,4-5,13H2,1H3,(H,14,16)(H,15,17). The molecule has 0 fully saturated rings. The average Bonchev–Trinajstić information content (AvgIpc) is 2.97. The first-order valence-corrected chi connectivity index (χ1v) is 5.79. The Kier molecular flexibility index (Phi) is 3.66. The molecule has 0 radical (unpaired) electrons. The number of furan rings is 1. The summed E-state index contributed by atoms with van der Waals surface area (Å²) in [6.45, 7) is 1.94. The number of aromatic nitrogens is 2. The smallest absolute Gasteiger partial charge is 0.271 e. The number of hydrogen-bond donors (Lipinski definition) is 3. The molecular weight excluding hydrogens is 232 g/mol. The van der Waals surface area contributed by atoms with Gasteiger partial charge in [0.05, 0.1) is 18.1 Å². The Labute approximate surface area is 105 Å². The SMILES string of the molecule is CC(CCc1ccco1)NC(=O)c1[nH]ncc1N. The van der Waals surface area contributed by atoms with Gasteiger partial charge in [-0.05, 0) is 25.5 Å². The molecular formula is C12H16N4O2. The van der Waals surface area contributed by atoms with Crippen LogP contribution in [-0.2, 0) is 6.42 Å². The third-order valence-corrected chi connectivity index (χ3v) is 2.68. The summed E-state index contributed by atoms with van der Waals surface area (Å²) in [6, 6.07) is 3.80. The molecule has 2 aromatic heterocycles. The van der Waals surface area contributed by atoms with Crippen molar-refractivity contribution in [2.75, 3.05) is 5.73 Å². The van der Waals surface area contributed by atoms with Crippen molar-refractivity contribution >= 4 is 11.6 Å². The van der Waals surface area contributed by atoms with E-state index in [-0.39, 0.29) is 11.9 Å². The molecule has 6 heteroatoms. The van der Waals surface area contributed by atoms with Crippen LogP contribution in [0.3, 0.4) is 0 Å². The van der Waals surface area contributed by atoms with Gasteiger partial charge in [0.1, 0.15) is 11.5 Å². The molecule has 0 aliphatic carbocycles. The number of carbonyl (C=O) groups excluding carboxylic acids is 1. The number of H-pyrrole nitrogens is 1. The van der Waals surface area contributed by atoms with Crippen LogP contribution in [-0.4, -0.2) is 22.1 Å². The molecule has 1 amide bonds. The Bertz CT molecular complexity index is 504. The number of hydrogen-bond acceptors (Lipinski definition) is 4. The van der Waals surface area contributed by atoms with E-state index in [1.54, 1.807) is 6.26 Å². The largest absolute Gasteiger partial charge is 0.469 e. The first-order valence-electron chi connectivity index (χ1n) is 5.79. The van der Waals surface area contributed by atoms with Crippen molar-refractivity contribution in [1.29, 1.82) is 0 Å². The van der Waals surface area contributed by atoms with Crippen molar-refractivity contribution in [2.45, 2.75) is 25.8 Å². The predicted molar refractivity (Wildman–Crippen MR) is 67.0 cm³/mol. The van der Waals surface area contributed by atoms with Crippen LogP contribution in [0.2, 0.25) is 0 Å². The van der Waals surface area contributed by atoms with Crippen LogP contribution in [0.4, 0.5) is 5.69 Å². The molecule has 96 valence electrons. The maximum absolute atomic E-state index is 11.8. The third-order valence-electron chi connectivity index (χ3n) is 2.68. The fourth-order valence-corrected chi connectivity index (χ4v) is 1.66. The molecule has 0 bridgehead atoms. The van der Waals surface area contributed by atoms with Gasteiger partial charge >= 0.3 is 0 Å². The van der Waals surface area contributed by atoms with Crippen molar-refractivity contribution in [2.24, 2.45) is 0 Å². The number of nitrogens with two attached hydrogens (primary N) is 1. The fraction of sp³-hybridized carbons (Fsp3) is 0.333. The summed E-state index contributed by atoms with van der Waals surface area (Å²) < 4.78 is 5.23. The summed E-state index contributed by atoms with van der Waals surface area (Å²) in [5, 5.41) is 9.14. The van der Waals surface area contributed by atoms with Crippen LogP contribution in [0.25, 0.3) is 0 Å². The van der Waals surface area contributed by atoms with E-state index >= 15 is 0 Å². The zero-order chi connectivity index (χ0) is 13.0. The minimum Gasteiger partial charge on any atom is -0.469 e. The first kappa shape index (κ1) is 12.2. The molecule has 0 aliphatic rings. The molecule has 2 heterocycles. The van der Waals surface area contributed by atoms with E-state index in [1.165, 1.54) is 6.20 Å². The number of amides is 1. The third kappa shape index (κ3) is 2.91. The number of nitrogens with zero attached hydrogens (tertiary/aromatic N) is 1. The fourth-order valence-electron chi connectivity index (χ4n) is 1.66. The van der Waals surface area contributed by atoms with Gasteiger partial charge in [0.2, 0.25) is 0 Å². The van der Waals surface area contributed by atoms with Gasteiger partial charge in [-0.2, -0.15) is 5.10 Å². The summed E-state index contributed by atoms with van der Waals surface area (Å²) in [4.78, 5) is 11.8. The highest BCUT2D eigenvalue weighted by Crippen LogP contribution is 2.08. The molecule has 0 saturated carbocycles. The van der Waals surface area contributed by atoms with Crippen LogP contribution in [0.1, 0.15) is 29.6 Å². The van der Waals surface area contributed by atoms with Crippen LogP contribution < -0.4 is 11.1 Å². The van der Waals surface area contributed by atoms with Gasteiger partial charge in [0.15, 0.2) is 0 Å². The Morgan fingerprint density at radius 1 is 1.67 bits per heavy atom. The van der Waals surface area contributed by atoms with Crippen molar-refractivity contribution in [3.63, 3.8) is 0 Å². The second kappa shape index (κ2) is 5.39. The molecule has 1 unspecified atom stereocenters. The molecule has 2 aromatic rings. The predicted octanol–water partition coefficient (Wildman–Crippen LogP) is 1.34. The quantitative estimate of drug-likeness (QED) is 0.743. The lowest BCUT2D eigenvalue weighted by Gasteiger charge is -2.12. The summed E-state index contributed by atoms with van der Waals surface area (Å²) in [7, 11) is 0. The Morgan fingerprint density at radius 3 is 3.11 bits per heavy atom. The summed E-state index contributed by atoms with van der Waals surface area (Å²) in [5.41, 5.74) is 6.26. The number of aromatic amines is 1. The minimum atomic E-state index is -0.239. The van der Waals surface area contributed by atoms with E-state index in [0.717, 1.165) is 18.6 Å². The molecule has 0 spiro atoms. The molecule has 18 heavy (non-hydrogen) atoms. The molecule has 0 saturated heterocycles. The monoisotopic (exact) mass is 248 g/mol. The number of anilines is 1. The molecule has 0 aliphatic heterocycles. The average molecular weight is 248 g/mol. The molecule has 6 nitrogen and oxygen atoms in total. The maximum atomic E-state index is 11.8. The lowest BCUT2D eigenvalue weighted by atomic mass is 10.1. The lowest BCUT2D eigenvalue weighted by molar-refractivity contribution is 0.0934. The van der Waals surface area contributed by atoms with Crippen molar-refractivity contribution in [1.82, 2.24) is 15.5 Å². The number of rotatable bonds is 5.